The minimum atomic E-state index is -5.89. The van der Waals surface area contributed by atoms with E-state index in [4.69, 9.17) is 19.4 Å². The van der Waals surface area contributed by atoms with E-state index in [0.717, 1.165) is 12.3 Å². The van der Waals surface area contributed by atoms with Gasteiger partial charge in [-0.15, -0.1) is 0 Å². The minimum Gasteiger partial charge on any atom is -0.386 e. The fraction of sp³-hybridized carbons (Fsp3) is 0.500. The molecule has 0 saturated carbocycles. The van der Waals surface area contributed by atoms with E-state index in [1.165, 1.54) is 0 Å². The first-order valence-corrected chi connectivity index (χ1v) is 12.8. The quantitative estimate of drug-likeness (QED) is 0.130. The number of phosphoric acid groups is 3. The van der Waals surface area contributed by atoms with Crippen LogP contribution in [0.15, 0.2) is 34.5 Å². The maximum atomic E-state index is 14.0. The molecule has 0 amide bonds. The number of aromatic amines is 1. The fourth-order valence-corrected chi connectivity index (χ4v) is 5.87. The van der Waals surface area contributed by atoms with Crippen LogP contribution in [0, 0.1) is 0 Å². The topological polar surface area (TPSA) is 264 Å². The highest BCUT2D eigenvalue weighted by Gasteiger charge is 2.64. The number of rotatable bonds is 10. The number of alkyl halides is 1. The second-order valence-corrected chi connectivity index (χ2v) is 11.0. The second-order valence-electron chi connectivity index (χ2n) is 6.54. The Bertz CT molecular complexity index is 1160. The molecule has 1 saturated heterocycles. The van der Waals surface area contributed by atoms with Crippen molar-refractivity contribution in [1.82, 2.24) is 9.55 Å². The lowest BCUT2D eigenvalue weighted by Gasteiger charge is -2.31. The van der Waals surface area contributed by atoms with Crippen LogP contribution in [0.5, 0.6) is 0 Å². The third-order valence-corrected chi connectivity index (χ3v) is 8.01. The number of ether oxygens (including phenoxy) is 1. The van der Waals surface area contributed by atoms with Gasteiger partial charge in [0.2, 0.25) is 0 Å². The number of nitrogens with zero attached hydrogens (tertiary/aromatic N) is 1. The molecule has 2 unspecified atom stereocenters. The maximum absolute atomic E-state index is 14.0. The number of nitrogens with one attached hydrogen (secondary N) is 1. The molecule has 17 nitrogen and oxygen atoms in total. The largest absolute Gasteiger partial charge is 0.490 e. The molecule has 0 aromatic carbocycles. The monoisotopic (exact) mass is 542 g/mol. The molecule has 1 aliphatic heterocycles. The number of phosphoric ester groups is 1. The zero-order valence-corrected chi connectivity index (χ0v) is 18.7. The molecule has 7 N–H and O–H groups in total. The summed E-state index contributed by atoms with van der Waals surface area (Å²) in [4.78, 5) is 60.8. The summed E-state index contributed by atoms with van der Waals surface area (Å²) in [5.74, 6) is 0. The Labute approximate surface area is 182 Å². The highest BCUT2D eigenvalue weighted by Crippen LogP contribution is 2.66. The number of aliphatic hydroxyl groups is 2. The number of H-pyrrole nitrogens is 1. The predicted molar refractivity (Wildman–Crippen MR) is 101 cm³/mol. The molecule has 0 spiro atoms. The summed E-state index contributed by atoms with van der Waals surface area (Å²) >= 11 is 0. The summed E-state index contributed by atoms with van der Waals surface area (Å²) in [5.41, 5.74) is -7.38. The summed E-state index contributed by atoms with van der Waals surface area (Å²) in [6.45, 7) is 0.00707. The SMILES string of the molecule is C=C[C@@]1(O)[C@H](O)[C@@](CF)(COP(=O)(O)OP(=O)(O)OP(=O)(O)O)O[C@H]1n1ccc(=O)[nH]c1=O. The van der Waals surface area contributed by atoms with Crippen molar-refractivity contribution in [2.45, 2.75) is 23.5 Å². The highest BCUT2D eigenvalue weighted by atomic mass is 31.3. The summed E-state index contributed by atoms with van der Waals surface area (Å²) < 4.78 is 65.0. The Balaban J connectivity index is 2.34. The van der Waals surface area contributed by atoms with Crippen molar-refractivity contribution in [2.75, 3.05) is 13.3 Å². The van der Waals surface area contributed by atoms with Crippen LogP contribution in [0.3, 0.4) is 0 Å². The van der Waals surface area contributed by atoms with E-state index in [-0.39, 0.29) is 0 Å². The third-order valence-electron chi connectivity index (χ3n) is 4.22. The fourth-order valence-electron chi connectivity index (χ4n) is 2.79. The lowest BCUT2D eigenvalue weighted by Crippen LogP contribution is -2.53. The van der Waals surface area contributed by atoms with Crippen LogP contribution in [0.1, 0.15) is 6.23 Å². The van der Waals surface area contributed by atoms with E-state index in [0.29, 0.717) is 10.6 Å². The van der Waals surface area contributed by atoms with E-state index in [9.17, 15) is 42.8 Å². The maximum Gasteiger partial charge on any atom is 0.490 e. The van der Waals surface area contributed by atoms with E-state index < -0.39 is 71.5 Å². The van der Waals surface area contributed by atoms with Gasteiger partial charge >= 0.3 is 29.2 Å². The molecular weight excluding hydrogens is 524 g/mol. The van der Waals surface area contributed by atoms with Crippen molar-refractivity contribution in [2.24, 2.45) is 0 Å². The summed E-state index contributed by atoms with van der Waals surface area (Å²) in [7, 11) is -17.3. The normalized spacial score (nSPS) is 31.6. The van der Waals surface area contributed by atoms with Gasteiger partial charge in [0, 0.05) is 12.3 Å². The predicted octanol–water partition coefficient (Wildman–Crippen LogP) is -1.61. The number of halogens is 1. The molecule has 21 heteroatoms. The van der Waals surface area contributed by atoms with Crippen molar-refractivity contribution in [3.05, 3.63) is 45.8 Å². The Hall–Kier alpha value is -1.36. The molecule has 0 bridgehead atoms. The average molecular weight is 542 g/mol. The molecule has 0 aliphatic carbocycles. The average Bonchev–Trinajstić information content (AvgIpc) is 2.86. The molecule has 6 atom stereocenters. The Morgan fingerprint density at radius 3 is 2.30 bits per heavy atom. The van der Waals surface area contributed by atoms with Gasteiger partial charge in [0.15, 0.2) is 17.4 Å². The van der Waals surface area contributed by atoms with E-state index >= 15 is 0 Å². The van der Waals surface area contributed by atoms with Crippen LogP contribution in [0.25, 0.3) is 0 Å². The first-order valence-electron chi connectivity index (χ1n) is 8.28. The van der Waals surface area contributed by atoms with E-state index in [2.05, 4.69) is 19.7 Å². The second kappa shape index (κ2) is 9.36. The molecule has 1 fully saturated rings. The number of hydrogen-bond acceptors (Lipinski definition) is 11. The molecule has 0 radical (unpaired) electrons. The molecule has 33 heavy (non-hydrogen) atoms. The van der Waals surface area contributed by atoms with E-state index in [1.807, 2.05) is 4.98 Å². The van der Waals surface area contributed by atoms with Crippen molar-refractivity contribution in [3.8, 4) is 0 Å². The summed E-state index contributed by atoms with van der Waals surface area (Å²) in [6, 6.07) is 0.822. The van der Waals surface area contributed by atoms with Gasteiger partial charge in [-0.3, -0.25) is 18.9 Å². The van der Waals surface area contributed by atoms with Gasteiger partial charge in [0.05, 0.1) is 6.61 Å². The summed E-state index contributed by atoms with van der Waals surface area (Å²) in [6.07, 6.45) is -2.84. The minimum absolute atomic E-state index is 0.536. The van der Waals surface area contributed by atoms with Gasteiger partial charge in [-0.1, -0.05) is 12.7 Å². The van der Waals surface area contributed by atoms with Crippen LogP contribution >= 0.6 is 23.5 Å². The van der Waals surface area contributed by atoms with Crippen molar-refractivity contribution in [3.63, 3.8) is 0 Å². The zero-order chi connectivity index (χ0) is 25.5. The lowest BCUT2D eigenvalue weighted by molar-refractivity contribution is -0.137. The van der Waals surface area contributed by atoms with Gasteiger partial charge < -0.3 is 34.5 Å². The van der Waals surface area contributed by atoms with Gasteiger partial charge in [0.1, 0.15) is 12.8 Å². The van der Waals surface area contributed by atoms with Gasteiger partial charge in [-0.25, -0.2) is 22.9 Å². The van der Waals surface area contributed by atoms with Crippen molar-refractivity contribution in [1.29, 1.82) is 0 Å². The van der Waals surface area contributed by atoms with Crippen LogP contribution < -0.4 is 11.2 Å². The van der Waals surface area contributed by atoms with Gasteiger partial charge in [-0.05, 0) is 0 Å². The standard InChI is InChI=1S/C12H18FN2O15P3/c1-2-12(19)8(17)11(5-13,28-9(12)15-4-3-7(16)14-10(15)18)6-27-32(23,24)30-33(25,26)29-31(20,21)22/h2-4,8-9,17,19H,1,5-6H2,(H,23,24)(H,25,26)(H,14,16,18)(H2,20,21,22)/t8-,9-,11-,12-/m1/s1. The Morgan fingerprint density at radius 2 is 1.82 bits per heavy atom. The summed E-state index contributed by atoms with van der Waals surface area (Å²) in [5, 5.41) is 21.3. The lowest BCUT2D eigenvalue weighted by atomic mass is 9.87. The number of hydrogen-bond donors (Lipinski definition) is 7. The van der Waals surface area contributed by atoms with E-state index in [1.54, 1.807) is 0 Å². The number of aliphatic hydroxyl groups excluding tert-OH is 1. The molecular formula is C12H18FN2O15P3. The molecule has 2 rings (SSSR count). The molecule has 188 valence electrons. The molecule has 1 aliphatic rings. The van der Waals surface area contributed by atoms with Crippen LogP contribution in [0.4, 0.5) is 4.39 Å². The van der Waals surface area contributed by atoms with Crippen LogP contribution in [-0.4, -0.2) is 69.9 Å². The highest BCUT2D eigenvalue weighted by molar-refractivity contribution is 7.66. The van der Waals surface area contributed by atoms with Gasteiger partial charge in [-0.2, -0.15) is 8.62 Å². The van der Waals surface area contributed by atoms with Crippen molar-refractivity contribution >= 4 is 23.5 Å². The third kappa shape index (κ3) is 6.21. The van der Waals surface area contributed by atoms with Gasteiger partial charge in [0.25, 0.3) is 5.56 Å². The number of aromatic nitrogens is 2. The van der Waals surface area contributed by atoms with Crippen LogP contribution in [-0.2, 0) is 31.6 Å². The molecule has 1 aromatic rings. The smallest absolute Gasteiger partial charge is 0.386 e. The Kier molecular flexibility index (Phi) is 7.90. The first kappa shape index (κ1) is 27.9. The van der Waals surface area contributed by atoms with Crippen LogP contribution in [0.2, 0.25) is 0 Å². The Morgan fingerprint density at radius 1 is 1.21 bits per heavy atom. The van der Waals surface area contributed by atoms with Crippen molar-refractivity contribution < 1.29 is 65.8 Å². The zero-order valence-electron chi connectivity index (χ0n) is 16.0. The molecule has 1 aromatic heterocycles. The first-order chi connectivity index (χ1) is 14.9. The molecule has 2 heterocycles.